The molecule has 1 aliphatic heterocycles. The second-order valence-corrected chi connectivity index (χ2v) is 6.39. The zero-order valence-electron chi connectivity index (χ0n) is 14.5. The van der Waals surface area contributed by atoms with Crippen molar-refractivity contribution in [1.29, 1.82) is 0 Å². The zero-order valence-corrected chi connectivity index (χ0v) is 14.5. The maximum atomic E-state index is 10.1. The van der Waals surface area contributed by atoms with Gasteiger partial charge in [0.15, 0.2) is 0 Å². The number of rotatable bonds is 5. The second kappa shape index (κ2) is 7.39. The number of nitrogens with zero attached hydrogens (tertiary/aromatic N) is 5. The van der Waals surface area contributed by atoms with Crippen LogP contribution in [0.1, 0.15) is 17.5 Å². The number of hydrogen-bond donors (Lipinski definition) is 1. The Kier molecular flexibility index (Phi) is 4.64. The molecule has 1 aromatic heterocycles. The molecule has 2 aromatic carbocycles. The van der Waals surface area contributed by atoms with Crippen molar-refractivity contribution in [3.63, 3.8) is 0 Å². The van der Waals surface area contributed by atoms with Gasteiger partial charge in [0.1, 0.15) is 5.75 Å². The predicted molar refractivity (Wildman–Crippen MR) is 101 cm³/mol. The number of phenolic OH excluding ortho intramolecular Hbond substituents is 1. The number of anilines is 1. The molecular formula is C20H21N5O. The first-order valence-electron chi connectivity index (χ1n) is 8.84. The number of phenols is 1. The molecule has 6 heteroatoms. The largest absolute Gasteiger partial charge is 0.507 e. The summed E-state index contributed by atoms with van der Waals surface area (Å²) in [4.78, 5) is 2.17. The van der Waals surface area contributed by atoms with Crippen molar-refractivity contribution in [2.45, 2.75) is 19.4 Å². The fourth-order valence-electron chi connectivity index (χ4n) is 3.31. The molecule has 0 radical (unpaired) electrons. The van der Waals surface area contributed by atoms with Crippen LogP contribution < -0.4 is 4.90 Å². The van der Waals surface area contributed by atoms with Crippen LogP contribution >= 0.6 is 0 Å². The standard InChI is InChI=1S/C20H21N5O/c26-19-11-5-4-10-18(19)17-9-6-13-24(15-17)20-21-22-23-25(20)14-12-16-7-2-1-3-8-16/h1-5,7-11,26H,6,12-15H2. The van der Waals surface area contributed by atoms with E-state index in [4.69, 9.17) is 0 Å². The van der Waals surface area contributed by atoms with Gasteiger partial charge in [0.25, 0.3) is 0 Å². The summed E-state index contributed by atoms with van der Waals surface area (Å²) in [5.41, 5.74) is 3.25. The smallest absolute Gasteiger partial charge is 0.245 e. The van der Waals surface area contributed by atoms with E-state index in [-0.39, 0.29) is 0 Å². The van der Waals surface area contributed by atoms with Crippen molar-refractivity contribution in [2.24, 2.45) is 0 Å². The Labute approximate surface area is 152 Å². The molecule has 6 nitrogen and oxygen atoms in total. The van der Waals surface area contributed by atoms with Crippen molar-refractivity contribution in [3.8, 4) is 5.75 Å². The van der Waals surface area contributed by atoms with Crippen LogP contribution in [-0.2, 0) is 13.0 Å². The third-order valence-electron chi connectivity index (χ3n) is 4.65. The van der Waals surface area contributed by atoms with E-state index in [0.717, 1.165) is 43.0 Å². The Balaban J connectivity index is 1.50. The topological polar surface area (TPSA) is 67.1 Å². The SMILES string of the molecule is Oc1ccccc1C1=CCCN(c2nnnn2CCc2ccccc2)C1. The molecular weight excluding hydrogens is 326 g/mol. The summed E-state index contributed by atoms with van der Waals surface area (Å²) in [6.45, 7) is 2.28. The Morgan fingerprint density at radius 1 is 1.00 bits per heavy atom. The monoisotopic (exact) mass is 347 g/mol. The Bertz CT molecular complexity index is 903. The van der Waals surface area contributed by atoms with Gasteiger partial charge in [0, 0.05) is 18.7 Å². The molecule has 0 atom stereocenters. The molecule has 2 heterocycles. The van der Waals surface area contributed by atoms with Gasteiger partial charge in [-0.1, -0.05) is 59.7 Å². The average Bonchev–Trinajstić information content (AvgIpc) is 3.16. The quantitative estimate of drug-likeness (QED) is 0.769. The minimum absolute atomic E-state index is 0.310. The fraction of sp³-hybridized carbons (Fsp3) is 0.250. The lowest BCUT2D eigenvalue weighted by atomic mass is 10.0. The van der Waals surface area contributed by atoms with E-state index in [1.807, 2.05) is 41.1 Å². The molecule has 1 aliphatic rings. The minimum atomic E-state index is 0.310. The molecule has 0 fully saturated rings. The van der Waals surface area contributed by atoms with Crippen molar-refractivity contribution < 1.29 is 5.11 Å². The molecule has 26 heavy (non-hydrogen) atoms. The molecule has 3 aromatic rings. The summed E-state index contributed by atoms with van der Waals surface area (Å²) in [7, 11) is 0. The van der Waals surface area contributed by atoms with Crippen molar-refractivity contribution in [3.05, 3.63) is 71.8 Å². The van der Waals surface area contributed by atoms with E-state index in [1.165, 1.54) is 5.56 Å². The summed E-state index contributed by atoms with van der Waals surface area (Å²) in [6.07, 6.45) is 3.97. The molecule has 1 N–H and O–H groups in total. The molecule has 0 saturated carbocycles. The molecule has 0 spiro atoms. The van der Waals surface area contributed by atoms with Crippen LogP contribution in [0.4, 0.5) is 5.95 Å². The summed E-state index contributed by atoms with van der Waals surface area (Å²) in [5.74, 6) is 1.09. The molecule has 4 rings (SSSR count). The molecule has 0 amide bonds. The van der Waals surface area contributed by atoms with E-state index >= 15 is 0 Å². The van der Waals surface area contributed by atoms with Crippen LogP contribution in [0.2, 0.25) is 0 Å². The van der Waals surface area contributed by atoms with Crippen LogP contribution in [0.25, 0.3) is 5.57 Å². The van der Waals surface area contributed by atoms with Gasteiger partial charge >= 0.3 is 0 Å². The van der Waals surface area contributed by atoms with Crippen LogP contribution in [0.5, 0.6) is 5.75 Å². The van der Waals surface area contributed by atoms with Gasteiger partial charge in [-0.3, -0.25) is 0 Å². The molecule has 0 unspecified atom stereocenters. The van der Waals surface area contributed by atoms with E-state index in [0.29, 0.717) is 12.3 Å². The van der Waals surface area contributed by atoms with Gasteiger partial charge < -0.3 is 10.0 Å². The first-order chi connectivity index (χ1) is 12.8. The van der Waals surface area contributed by atoms with Gasteiger partial charge in [0.05, 0.1) is 6.54 Å². The second-order valence-electron chi connectivity index (χ2n) is 6.39. The number of aromatic nitrogens is 4. The maximum absolute atomic E-state index is 10.1. The first kappa shape index (κ1) is 16.3. The number of hydrogen-bond acceptors (Lipinski definition) is 5. The Morgan fingerprint density at radius 3 is 2.65 bits per heavy atom. The fourth-order valence-corrected chi connectivity index (χ4v) is 3.31. The first-order valence-corrected chi connectivity index (χ1v) is 8.84. The zero-order chi connectivity index (χ0) is 17.8. The lowest BCUT2D eigenvalue weighted by molar-refractivity contribution is 0.473. The molecule has 0 bridgehead atoms. The number of para-hydroxylation sites is 1. The summed E-state index contributed by atoms with van der Waals surface area (Å²) in [6, 6.07) is 17.8. The lowest BCUT2D eigenvalue weighted by Crippen LogP contribution is -2.32. The summed E-state index contributed by atoms with van der Waals surface area (Å²) in [5, 5.41) is 22.4. The highest BCUT2D eigenvalue weighted by Gasteiger charge is 2.21. The van der Waals surface area contributed by atoms with E-state index in [2.05, 4.69) is 38.6 Å². The number of aryl methyl sites for hydroxylation is 2. The number of aromatic hydroxyl groups is 1. The molecule has 132 valence electrons. The molecule has 0 aliphatic carbocycles. The summed E-state index contributed by atoms with van der Waals surface area (Å²) < 4.78 is 1.86. The highest BCUT2D eigenvalue weighted by atomic mass is 16.3. The molecule has 0 saturated heterocycles. The van der Waals surface area contributed by atoms with Crippen molar-refractivity contribution in [2.75, 3.05) is 18.0 Å². The van der Waals surface area contributed by atoms with Gasteiger partial charge in [-0.05, 0) is 40.5 Å². The highest BCUT2D eigenvalue weighted by molar-refractivity contribution is 5.74. The van der Waals surface area contributed by atoms with Gasteiger partial charge in [-0.15, -0.1) is 0 Å². The summed E-state index contributed by atoms with van der Waals surface area (Å²) >= 11 is 0. The van der Waals surface area contributed by atoms with E-state index in [9.17, 15) is 5.11 Å². The normalized spacial score (nSPS) is 14.3. The third kappa shape index (κ3) is 3.44. The van der Waals surface area contributed by atoms with Crippen molar-refractivity contribution >= 4 is 11.5 Å². The van der Waals surface area contributed by atoms with E-state index in [1.54, 1.807) is 6.07 Å². The van der Waals surface area contributed by atoms with Crippen LogP contribution in [0.15, 0.2) is 60.7 Å². The van der Waals surface area contributed by atoms with Gasteiger partial charge in [-0.25, -0.2) is 4.68 Å². The Hall–Kier alpha value is -3.15. The van der Waals surface area contributed by atoms with Gasteiger partial charge in [0.2, 0.25) is 5.95 Å². The number of tetrazole rings is 1. The highest BCUT2D eigenvalue weighted by Crippen LogP contribution is 2.29. The minimum Gasteiger partial charge on any atom is -0.507 e. The van der Waals surface area contributed by atoms with Gasteiger partial charge in [-0.2, -0.15) is 0 Å². The van der Waals surface area contributed by atoms with Crippen LogP contribution in [0, 0.1) is 0 Å². The van der Waals surface area contributed by atoms with Crippen molar-refractivity contribution in [1.82, 2.24) is 20.2 Å². The Morgan fingerprint density at radius 2 is 1.81 bits per heavy atom. The third-order valence-corrected chi connectivity index (χ3v) is 4.65. The van der Waals surface area contributed by atoms with E-state index < -0.39 is 0 Å². The maximum Gasteiger partial charge on any atom is 0.245 e. The lowest BCUT2D eigenvalue weighted by Gasteiger charge is -2.28. The van der Waals surface area contributed by atoms with Crippen LogP contribution in [0.3, 0.4) is 0 Å². The number of benzene rings is 2. The average molecular weight is 347 g/mol. The van der Waals surface area contributed by atoms with Crippen LogP contribution in [-0.4, -0.2) is 38.4 Å². The predicted octanol–water partition coefficient (Wildman–Crippen LogP) is 2.92.